The second-order valence-electron chi connectivity index (χ2n) is 6.38. The van der Waals surface area contributed by atoms with Gasteiger partial charge in [-0.25, -0.2) is 9.97 Å². The van der Waals surface area contributed by atoms with Gasteiger partial charge < -0.3 is 5.32 Å². The van der Waals surface area contributed by atoms with Crippen LogP contribution in [0.1, 0.15) is 60.8 Å². The molecule has 0 aliphatic heterocycles. The van der Waals surface area contributed by atoms with Crippen LogP contribution in [0.15, 0.2) is 36.7 Å². The molecule has 2 aromatic rings. The van der Waals surface area contributed by atoms with Crippen molar-refractivity contribution in [1.82, 2.24) is 15.3 Å². The number of nitrogens with one attached hydrogen (secondary N) is 1. The van der Waals surface area contributed by atoms with Crippen LogP contribution in [0, 0.1) is 0 Å². The fraction of sp³-hybridized carbons (Fsp3) is 0.389. The highest BCUT2D eigenvalue weighted by atomic mass is 35.5. The van der Waals surface area contributed by atoms with Gasteiger partial charge in [0.25, 0.3) is 5.91 Å². The van der Waals surface area contributed by atoms with Crippen LogP contribution >= 0.6 is 11.6 Å². The first-order valence-electron chi connectivity index (χ1n) is 7.91. The zero-order valence-electron chi connectivity index (χ0n) is 13.3. The number of hydrogen-bond acceptors (Lipinski definition) is 3. The average molecular weight is 330 g/mol. The molecule has 1 N–H and O–H groups in total. The summed E-state index contributed by atoms with van der Waals surface area (Å²) in [5.74, 6) is 0.867. The van der Waals surface area contributed by atoms with Crippen molar-refractivity contribution in [3.8, 4) is 0 Å². The summed E-state index contributed by atoms with van der Waals surface area (Å²) in [6.45, 7) is 4.05. The summed E-state index contributed by atoms with van der Waals surface area (Å²) in [6.07, 6.45) is 6.18. The van der Waals surface area contributed by atoms with E-state index in [1.165, 1.54) is 0 Å². The van der Waals surface area contributed by atoms with Crippen LogP contribution in [0.25, 0.3) is 0 Å². The lowest BCUT2D eigenvalue weighted by Gasteiger charge is -2.43. The first kappa shape index (κ1) is 15.9. The monoisotopic (exact) mass is 329 g/mol. The summed E-state index contributed by atoms with van der Waals surface area (Å²) in [5, 5.41) is 3.87. The van der Waals surface area contributed by atoms with E-state index in [1.54, 1.807) is 12.4 Å². The summed E-state index contributed by atoms with van der Waals surface area (Å²) in [5.41, 5.74) is 1.30. The first-order chi connectivity index (χ1) is 11.0. The number of rotatable bonds is 4. The Labute approximate surface area is 141 Å². The lowest BCUT2D eigenvalue weighted by Crippen LogP contribution is -2.50. The molecule has 120 valence electrons. The van der Waals surface area contributed by atoms with E-state index < -0.39 is 0 Å². The standard InChI is InChI=1S/C18H20ClN3O/c1-12(2)16-20-10-13(11-21-16)17(23)22-18(8-3-9-18)14-4-6-15(19)7-5-14/h4-7,10-12H,3,8-9H2,1-2H3,(H,22,23). The third kappa shape index (κ3) is 3.22. The number of carbonyl (C=O) groups is 1. The van der Waals surface area contributed by atoms with Crippen molar-refractivity contribution >= 4 is 17.5 Å². The minimum absolute atomic E-state index is 0.130. The van der Waals surface area contributed by atoms with Gasteiger partial charge in [-0.15, -0.1) is 0 Å². The molecule has 3 rings (SSSR count). The molecule has 1 aliphatic rings. The van der Waals surface area contributed by atoms with Gasteiger partial charge in [0.2, 0.25) is 0 Å². The van der Waals surface area contributed by atoms with E-state index in [-0.39, 0.29) is 17.4 Å². The van der Waals surface area contributed by atoms with Gasteiger partial charge in [0.05, 0.1) is 11.1 Å². The van der Waals surface area contributed by atoms with Crippen LogP contribution < -0.4 is 5.32 Å². The molecule has 0 spiro atoms. The summed E-state index contributed by atoms with van der Waals surface area (Å²) in [7, 11) is 0. The smallest absolute Gasteiger partial charge is 0.255 e. The van der Waals surface area contributed by atoms with E-state index >= 15 is 0 Å². The molecule has 0 radical (unpaired) electrons. The normalized spacial score (nSPS) is 16.0. The number of benzene rings is 1. The van der Waals surface area contributed by atoms with Crippen molar-refractivity contribution in [1.29, 1.82) is 0 Å². The van der Waals surface area contributed by atoms with E-state index in [9.17, 15) is 4.79 Å². The van der Waals surface area contributed by atoms with Crippen LogP contribution in [0.3, 0.4) is 0 Å². The number of nitrogens with zero attached hydrogens (tertiary/aromatic N) is 2. The Hall–Kier alpha value is -1.94. The quantitative estimate of drug-likeness (QED) is 0.920. The van der Waals surface area contributed by atoms with Crippen LogP contribution in [0.4, 0.5) is 0 Å². The van der Waals surface area contributed by atoms with E-state index in [1.807, 2.05) is 38.1 Å². The molecule has 1 amide bonds. The lowest BCUT2D eigenvalue weighted by atomic mass is 9.71. The number of amides is 1. The molecule has 1 saturated carbocycles. The number of aromatic nitrogens is 2. The maximum atomic E-state index is 12.6. The predicted molar refractivity (Wildman–Crippen MR) is 90.6 cm³/mol. The minimum atomic E-state index is -0.293. The van der Waals surface area contributed by atoms with Gasteiger partial charge in [0.15, 0.2) is 0 Å². The largest absolute Gasteiger partial charge is 0.342 e. The summed E-state index contributed by atoms with van der Waals surface area (Å²) >= 11 is 5.96. The number of carbonyl (C=O) groups excluding carboxylic acids is 1. The van der Waals surface area contributed by atoms with Crippen molar-refractivity contribution in [2.24, 2.45) is 0 Å². The summed E-state index contributed by atoms with van der Waals surface area (Å²) in [4.78, 5) is 21.1. The highest BCUT2D eigenvalue weighted by Crippen LogP contribution is 2.41. The van der Waals surface area contributed by atoms with Crippen LogP contribution in [0.5, 0.6) is 0 Å². The maximum absolute atomic E-state index is 12.6. The van der Waals surface area contributed by atoms with Gasteiger partial charge in [-0.2, -0.15) is 0 Å². The summed E-state index contributed by atoms with van der Waals surface area (Å²) < 4.78 is 0. The van der Waals surface area contributed by atoms with Crippen LogP contribution in [-0.2, 0) is 5.54 Å². The van der Waals surface area contributed by atoms with Crippen LogP contribution in [0.2, 0.25) is 5.02 Å². The topological polar surface area (TPSA) is 54.9 Å². The van der Waals surface area contributed by atoms with E-state index in [4.69, 9.17) is 11.6 Å². The van der Waals surface area contributed by atoms with Crippen molar-refractivity contribution in [2.45, 2.75) is 44.6 Å². The van der Waals surface area contributed by atoms with Crippen molar-refractivity contribution in [2.75, 3.05) is 0 Å². The SMILES string of the molecule is CC(C)c1ncc(C(=O)NC2(c3ccc(Cl)cc3)CCC2)cn1. The minimum Gasteiger partial charge on any atom is -0.342 e. The zero-order chi connectivity index (χ0) is 16.4. The van der Waals surface area contributed by atoms with Crippen molar-refractivity contribution in [3.05, 3.63) is 58.6 Å². The Kier molecular flexibility index (Phi) is 4.35. The fourth-order valence-electron chi connectivity index (χ4n) is 2.83. The van der Waals surface area contributed by atoms with Crippen LogP contribution in [-0.4, -0.2) is 15.9 Å². The third-order valence-electron chi connectivity index (χ3n) is 4.41. The summed E-state index contributed by atoms with van der Waals surface area (Å²) in [6, 6.07) is 7.70. The van der Waals surface area contributed by atoms with Crippen molar-refractivity contribution < 1.29 is 4.79 Å². The fourth-order valence-corrected chi connectivity index (χ4v) is 2.95. The van der Waals surface area contributed by atoms with E-state index in [0.29, 0.717) is 10.6 Å². The Bertz CT molecular complexity index is 691. The van der Waals surface area contributed by atoms with Gasteiger partial charge in [0, 0.05) is 23.3 Å². The van der Waals surface area contributed by atoms with Gasteiger partial charge in [0.1, 0.15) is 5.82 Å². The predicted octanol–water partition coefficient (Wildman–Crippen LogP) is 4.06. The highest BCUT2D eigenvalue weighted by molar-refractivity contribution is 6.30. The lowest BCUT2D eigenvalue weighted by molar-refractivity contribution is 0.0822. The molecule has 1 fully saturated rings. The Morgan fingerprint density at radius 3 is 2.26 bits per heavy atom. The Balaban J connectivity index is 1.78. The van der Waals surface area contributed by atoms with E-state index in [2.05, 4.69) is 15.3 Å². The van der Waals surface area contributed by atoms with Gasteiger partial charge in [-0.05, 0) is 37.0 Å². The van der Waals surface area contributed by atoms with E-state index in [0.717, 1.165) is 30.7 Å². The number of hydrogen-bond donors (Lipinski definition) is 1. The highest BCUT2D eigenvalue weighted by Gasteiger charge is 2.40. The molecular weight excluding hydrogens is 310 g/mol. The molecule has 1 aliphatic carbocycles. The molecule has 0 atom stereocenters. The Morgan fingerprint density at radius 2 is 1.78 bits per heavy atom. The first-order valence-corrected chi connectivity index (χ1v) is 8.28. The molecule has 0 saturated heterocycles. The molecule has 1 aromatic carbocycles. The molecule has 0 bridgehead atoms. The molecule has 0 unspecified atom stereocenters. The number of halogens is 1. The molecule has 1 aromatic heterocycles. The molecule has 4 nitrogen and oxygen atoms in total. The molecule has 1 heterocycles. The third-order valence-corrected chi connectivity index (χ3v) is 4.66. The van der Waals surface area contributed by atoms with Gasteiger partial charge >= 0.3 is 0 Å². The Morgan fingerprint density at radius 1 is 1.17 bits per heavy atom. The maximum Gasteiger partial charge on any atom is 0.255 e. The average Bonchev–Trinajstić information content (AvgIpc) is 2.52. The molecular formula is C18H20ClN3O. The molecule has 23 heavy (non-hydrogen) atoms. The second-order valence-corrected chi connectivity index (χ2v) is 6.82. The van der Waals surface area contributed by atoms with Gasteiger partial charge in [-0.1, -0.05) is 37.6 Å². The molecule has 5 heteroatoms. The van der Waals surface area contributed by atoms with Gasteiger partial charge in [-0.3, -0.25) is 4.79 Å². The zero-order valence-corrected chi connectivity index (χ0v) is 14.1. The van der Waals surface area contributed by atoms with Crippen molar-refractivity contribution in [3.63, 3.8) is 0 Å². The second kappa shape index (κ2) is 6.28.